The van der Waals surface area contributed by atoms with E-state index in [9.17, 15) is 18.8 Å². The van der Waals surface area contributed by atoms with E-state index >= 15 is 0 Å². The summed E-state index contributed by atoms with van der Waals surface area (Å²) < 4.78 is 13.3. The number of carbonyl (C=O) groups excluding carboxylic acids is 3. The molecule has 130 valence electrons. The third-order valence-electron chi connectivity index (χ3n) is 3.46. The normalized spacial score (nSPS) is 11.4. The third-order valence-corrected chi connectivity index (χ3v) is 3.46. The van der Waals surface area contributed by atoms with Gasteiger partial charge >= 0.3 is 0 Å². The number of hydrogen-bond acceptors (Lipinski definition) is 3. The smallest absolute Gasteiger partial charge is 0.254 e. The zero-order valence-electron chi connectivity index (χ0n) is 13.6. The molecule has 0 saturated carbocycles. The largest absolute Gasteiger partial charge is 0.368 e. The number of rotatable bonds is 6. The second-order valence-corrected chi connectivity index (χ2v) is 5.49. The van der Waals surface area contributed by atoms with Crippen LogP contribution in [0, 0.1) is 5.82 Å². The first-order valence-corrected chi connectivity index (χ1v) is 7.58. The minimum Gasteiger partial charge on any atom is -0.368 e. The molecule has 2 aromatic rings. The van der Waals surface area contributed by atoms with Crippen molar-refractivity contribution in [1.82, 2.24) is 5.32 Å². The molecule has 0 bridgehead atoms. The van der Waals surface area contributed by atoms with Gasteiger partial charge in [0.15, 0.2) is 0 Å². The highest BCUT2D eigenvalue weighted by atomic mass is 19.1. The maximum Gasteiger partial charge on any atom is 0.254 e. The summed E-state index contributed by atoms with van der Waals surface area (Å²) >= 11 is 0. The van der Waals surface area contributed by atoms with E-state index in [0.717, 1.165) is 0 Å². The summed E-state index contributed by atoms with van der Waals surface area (Å²) in [4.78, 5) is 35.4. The molecule has 1 atom stereocenters. The summed E-state index contributed by atoms with van der Waals surface area (Å²) in [6.45, 7) is 1.32. The van der Waals surface area contributed by atoms with Crippen molar-refractivity contribution >= 4 is 23.4 Å². The van der Waals surface area contributed by atoms with Gasteiger partial charge in [-0.1, -0.05) is 24.3 Å². The van der Waals surface area contributed by atoms with E-state index in [1.165, 1.54) is 31.2 Å². The maximum absolute atomic E-state index is 13.3. The number of amides is 3. The van der Waals surface area contributed by atoms with Crippen LogP contribution in [0.4, 0.5) is 10.1 Å². The molecule has 0 spiro atoms. The first-order valence-electron chi connectivity index (χ1n) is 7.58. The summed E-state index contributed by atoms with van der Waals surface area (Å²) in [6.07, 6.45) is 0.0567. The van der Waals surface area contributed by atoms with Crippen LogP contribution in [0.1, 0.15) is 22.8 Å². The van der Waals surface area contributed by atoms with Gasteiger partial charge in [-0.05, 0) is 29.8 Å². The van der Waals surface area contributed by atoms with Crippen LogP contribution >= 0.6 is 0 Å². The first-order chi connectivity index (χ1) is 11.9. The number of carbonyl (C=O) groups is 3. The van der Waals surface area contributed by atoms with Crippen LogP contribution in [0.3, 0.4) is 0 Å². The van der Waals surface area contributed by atoms with Crippen LogP contribution in [0.5, 0.6) is 0 Å². The van der Waals surface area contributed by atoms with Gasteiger partial charge in [-0.25, -0.2) is 4.39 Å². The van der Waals surface area contributed by atoms with E-state index in [2.05, 4.69) is 10.6 Å². The van der Waals surface area contributed by atoms with Crippen LogP contribution in [0.2, 0.25) is 0 Å². The van der Waals surface area contributed by atoms with Crippen molar-refractivity contribution in [1.29, 1.82) is 0 Å². The van der Waals surface area contributed by atoms with E-state index in [0.29, 0.717) is 11.3 Å². The molecule has 0 aliphatic carbocycles. The molecule has 7 heteroatoms. The Hall–Kier alpha value is -3.22. The lowest BCUT2D eigenvalue weighted by molar-refractivity contribution is -0.119. The summed E-state index contributed by atoms with van der Waals surface area (Å²) in [7, 11) is 0. The van der Waals surface area contributed by atoms with Gasteiger partial charge in [0.25, 0.3) is 5.91 Å². The molecule has 25 heavy (non-hydrogen) atoms. The number of benzene rings is 2. The number of halogens is 1. The number of primary amides is 1. The Balaban J connectivity index is 2.18. The summed E-state index contributed by atoms with van der Waals surface area (Å²) in [6, 6.07) is 11.1. The minimum atomic E-state index is -1.01. The Kier molecular flexibility index (Phi) is 5.84. The second-order valence-electron chi connectivity index (χ2n) is 5.49. The number of nitrogens with two attached hydrogens (primary N) is 1. The zero-order valence-corrected chi connectivity index (χ0v) is 13.6. The second kappa shape index (κ2) is 8.05. The average Bonchev–Trinajstić information content (AvgIpc) is 2.54. The molecular weight excluding hydrogens is 325 g/mol. The molecule has 4 N–H and O–H groups in total. The maximum atomic E-state index is 13.3. The van der Waals surface area contributed by atoms with Crippen LogP contribution in [0.25, 0.3) is 0 Å². The quantitative estimate of drug-likeness (QED) is 0.743. The fraction of sp³-hybridized carbons (Fsp3) is 0.167. The monoisotopic (exact) mass is 343 g/mol. The molecular formula is C18H18FN3O3. The molecule has 2 rings (SSSR count). The highest BCUT2D eigenvalue weighted by Gasteiger charge is 2.21. The SMILES string of the molecule is CC(=O)Nc1ccccc1C(=O)N[C@H](Cc1cccc(F)c1)C(N)=O. The first kappa shape index (κ1) is 18.1. The number of nitrogens with one attached hydrogen (secondary N) is 2. The lowest BCUT2D eigenvalue weighted by atomic mass is 10.0. The van der Waals surface area contributed by atoms with Gasteiger partial charge in [0.2, 0.25) is 11.8 Å². The lowest BCUT2D eigenvalue weighted by Crippen LogP contribution is -2.46. The molecule has 0 heterocycles. The van der Waals surface area contributed by atoms with Crippen LogP contribution in [-0.4, -0.2) is 23.8 Å². The zero-order chi connectivity index (χ0) is 18.4. The highest BCUT2D eigenvalue weighted by molar-refractivity contribution is 6.04. The van der Waals surface area contributed by atoms with Gasteiger partial charge < -0.3 is 16.4 Å². The van der Waals surface area contributed by atoms with E-state index in [1.807, 2.05) is 0 Å². The molecule has 0 radical (unpaired) electrons. The van der Waals surface area contributed by atoms with E-state index in [1.54, 1.807) is 24.3 Å². The van der Waals surface area contributed by atoms with Crippen molar-refractivity contribution in [3.63, 3.8) is 0 Å². The molecule has 0 fully saturated rings. The summed E-state index contributed by atoms with van der Waals surface area (Å²) in [5.41, 5.74) is 6.40. The molecule has 0 aliphatic rings. The highest BCUT2D eigenvalue weighted by Crippen LogP contribution is 2.15. The standard InChI is InChI=1S/C18H18FN3O3/c1-11(23)21-15-8-3-2-7-14(15)18(25)22-16(17(20)24)10-12-5-4-6-13(19)9-12/h2-9,16H,10H2,1H3,(H2,20,24)(H,21,23)(H,22,25)/t16-/m1/s1. The fourth-order valence-electron chi connectivity index (χ4n) is 2.34. The van der Waals surface area contributed by atoms with E-state index in [-0.39, 0.29) is 17.9 Å². The molecule has 0 aromatic heterocycles. The van der Waals surface area contributed by atoms with Crippen molar-refractivity contribution in [3.8, 4) is 0 Å². The van der Waals surface area contributed by atoms with Crippen LogP contribution in [-0.2, 0) is 16.0 Å². The van der Waals surface area contributed by atoms with Gasteiger partial charge in [-0.2, -0.15) is 0 Å². The van der Waals surface area contributed by atoms with Crippen molar-refractivity contribution < 1.29 is 18.8 Å². The van der Waals surface area contributed by atoms with E-state index in [4.69, 9.17) is 5.73 Å². The van der Waals surface area contributed by atoms with Crippen LogP contribution < -0.4 is 16.4 Å². The Morgan fingerprint density at radius 2 is 1.84 bits per heavy atom. The Bertz CT molecular complexity index is 808. The molecule has 2 aromatic carbocycles. The van der Waals surface area contributed by atoms with Crippen molar-refractivity contribution in [2.75, 3.05) is 5.32 Å². The summed E-state index contributed by atoms with van der Waals surface area (Å²) in [5, 5.41) is 5.08. The lowest BCUT2D eigenvalue weighted by Gasteiger charge is -2.17. The van der Waals surface area contributed by atoms with Gasteiger partial charge in [0.1, 0.15) is 11.9 Å². The molecule has 6 nitrogen and oxygen atoms in total. The molecule has 0 aliphatic heterocycles. The number of para-hydroxylation sites is 1. The van der Waals surface area contributed by atoms with Crippen molar-refractivity contribution in [3.05, 3.63) is 65.5 Å². The number of hydrogen-bond donors (Lipinski definition) is 3. The molecule has 0 saturated heterocycles. The van der Waals surface area contributed by atoms with Crippen molar-refractivity contribution in [2.45, 2.75) is 19.4 Å². The summed E-state index contributed by atoms with van der Waals surface area (Å²) in [5.74, 6) is -2.08. The Morgan fingerprint density at radius 1 is 1.12 bits per heavy atom. The fourth-order valence-corrected chi connectivity index (χ4v) is 2.34. The van der Waals surface area contributed by atoms with Gasteiger partial charge in [-0.15, -0.1) is 0 Å². The average molecular weight is 343 g/mol. The Labute approximate surface area is 144 Å². The van der Waals surface area contributed by atoms with Gasteiger partial charge in [-0.3, -0.25) is 14.4 Å². The predicted octanol–water partition coefficient (Wildman–Crippen LogP) is 1.61. The van der Waals surface area contributed by atoms with Crippen LogP contribution in [0.15, 0.2) is 48.5 Å². The van der Waals surface area contributed by atoms with Crippen molar-refractivity contribution in [2.24, 2.45) is 5.73 Å². The van der Waals surface area contributed by atoms with E-state index < -0.39 is 23.7 Å². The third kappa shape index (κ3) is 5.13. The topological polar surface area (TPSA) is 101 Å². The molecule has 0 unspecified atom stereocenters. The van der Waals surface area contributed by atoms with Gasteiger partial charge in [0.05, 0.1) is 11.3 Å². The Morgan fingerprint density at radius 3 is 2.48 bits per heavy atom. The predicted molar refractivity (Wildman–Crippen MR) is 91.3 cm³/mol. The van der Waals surface area contributed by atoms with Gasteiger partial charge in [0, 0.05) is 13.3 Å². The minimum absolute atomic E-state index is 0.0567. The molecule has 3 amide bonds. The number of anilines is 1.